The zero-order valence-corrected chi connectivity index (χ0v) is 18.3. The topological polar surface area (TPSA) is 93.7 Å². The summed E-state index contributed by atoms with van der Waals surface area (Å²) >= 11 is 0. The standard InChI is InChI=1S/C22H30F2N4O3/c1-20(2)12-16(21(3,4)28(20)31)18(29)27-22(7-9-25-10-8-22)19(30)26-13-14-5-6-15(23)11-17(14)24/h5-6,11-12,25,31H,7-10,13H2,1-4H3,(H,26,30)(H,27,29). The van der Waals surface area contributed by atoms with E-state index in [2.05, 4.69) is 16.0 Å². The fraction of sp³-hybridized carbons (Fsp3) is 0.545. The minimum absolute atomic E-state index is 0.123. The number of halogens is 2. The highest BCUT2D eigenvalue weighted by Crippen LogP contribution is 2.38. The molecule has 2 aliphatic rings. The fourth-order valence-electron chi connectivity index (χ4n) is 4.33. The van der Waals surface area contributed by atoms with Gasteiger partial charge >= 0.3 is 0 Å². The van der Waals surface area contributed by atoms with Crippen LogP contribution in [0, 0.1) is 11.6 Å². The van der Waals surface area contributed by atoms with E-state index >= 15 is 0 Å². The van der Waals surface area contributed by atoms with Crippen LogP contribution in [0.5, 0.6) is 0 Å². The fourth-order valence-corrected chi connectivity index (χ4v) is 4.33. The van der Waals surface area contributed by atoms with E-state index in [0.717, 1.165) is 17.2 Å². The SMILES string of the molecule is CC1(C)C=C(C(=O)NC2(C(=O)NCc3ccc(F)cc3F)CCNCC2)C(C)(C)N1O. The first-order valence-corrected chi connectivity index (χ1v) is 10.4. The second kappa shape index (κ2) is 8.29. The first-order chi connectivity index (χ1) is 14.4. The molecule has 1 aromatic rings. The Labute approximate surface area is 180 Å². The first-order valence-electron chi connectivity index (χ1n) is 10.4. The molecule has 4 N–H and O–H groups in total. The largest absolute Gasteiger partial charge is 0.350 e. The van der Waals surface area contributed by atoms with Crippen molar-refractivity contribution in [3.8, 4) is 0 Å². The number of rotatable bonds is 5. The number of amides is 2. The van der Waals surface area contributed by atoms with Gasteiger partial charge in [0.1, 0.15) is 17.2 Å². The predicted molar refractivity (Wildman–Crippen MR) is 111 cm³/mol. The molecule has 0 atom stereocenters. The van der Waals surface area contributed by atoms with E-state index in [1.54, 1.807) is 33.8 Å². The number of carbonyl (C=O) groups is 2. The Morgan fingerprint density at radius 1 is 1.16 bits per heavy atom. The van der Waals surface area contributed by atoms with Crippen molar-refractivity contribution >= 4 is 11.8 Å². The van der Waals surface area contributed by atoms with Crippen LogP contribution in [0.4, 0.5) is 8.78 Å². The molecule has 2 aliphatic heterocycles. The van der Waals surface area contributed by atoms with Crippen LogP contribution in [-0.4, -0.2) is 51.8 Å². The van der Waals surface area contributed by atoms with Gasteiger partial charge in [-0.2, -0.15) is 5.06 Å². The lowest BCUT2D eigenvalue weighted by Gasteiger charge is -2.39. The molecule has 0 radical (unpaired) electrons. The highest BCUT2D eigenvalue weighted by Gasteiger charge is 2.50. The molecule has 0 bridgehead atoms. The van der Waals surface area contributed by atoms with Crippen LogP contribution in [0.3, 0.4) is 0 Å². The van der Waals surface area contributed by atoms with E-state index in [1.807, 2.05) is 0 Å². The van der Waals surface area contributed by atoms with E-state index in [9.17, 15) is 23.6 Å². The molecule has 0 saturated carbocycles. The Morgan fingerprint density at radius 3 is 2.35 bits per heavy atom. The van der Waals surface area contributed by atoms with Crippen molar-refractivity contribution in [1.29, 1.82) is 0 Å². The van der Waals surface area contributed by atoms with Crippen molar-refractivity contribution < 1.29 is 23.6 Å². The lowest BCUT2D eigenvalue weighted by molar-refractivity contribution is -0.186. The zero-order chi connectivity index (χ0) is 23.0. The Bertz CT molecular complexity index is 908. The van der Waals surface area contributed by atoms with E-state index in [1.165, 1.54) is 6.07 Å². The van der Waals surface area contributed by atoms with Gasteiger partial charge in [0.2, 0.25) is 11.8 Å². The zero-order valence-electron chi connectivity index (χ0n) is 18.3. The molecule has 1 saturated heterocycles. The number of piperidine rings is 1. The minimum Gasteiger partial charge on any atom is -0.350 e. The molecule has 2 amide bonds. The molecule has 170 valence electrons. The number of nitrogens with zero attached hydrogens (tertiary/aromatic N) is 1. The lowest BCUT2D eigenvalue weighted by atomic mass is 9.85. The third-order valence-corrected chi connectivity index (χ3v) is 6.18. The first kappa shape index (κ1) is 23.3. The summed E-state index contributed by atoms with van der Waals surface area (Å²) < 4.78 is 27.1. The van der Waals surface area contributed by atoms with Gasteiger partial charge < -0.3 is 21.2 Å². The summed E-state index contributed by atoms with van der Waals surface area (Å²) in [7, 11) is 0. The van der Waals surface area contributed by atoms with Crippen LogP contribution in [-0.2, 0) is 16.1 Å². The maximum Gasteiger partial charge on any atom is 0.249 e. The molecule has 2 heterocycles. The smallest absolute Gasteiger partial charge is 0.249 e. The third kappa shape index (κ3) is 4.49. The van der Waals surface area contributed by atoms with Crippen molar-refractivity contribution in [1.82, 2.24) is 21.0 Å². The molecule has 7 nitrogen and oxygen atoms in total. The highest BCUT2D eigenvalue weighted by atomic mass is 19.1. The number of hydroxylamine groups is 2. The molecular formula is C22H30F2N4O3. The highest BCUT2D eigenvalue weighted by molar-refractivity contribution is 6.00. The van der Waals surface area contributed by atoms with Gasteiger partial charge in [-0.05, 0) is 59.7 Å². The molecule has 0 unspecified atom stereocenters. The number of hydrogen-bond donors (Lipinski definition) is 4. The van der Waals surface area contributed by atoms with E-state index in [-0.39, 0.29) is 12.1 Å². The van der Waals surface area contributed by atoms with Crippen molar-refractivity contribution in [3.63, 3.8) is 0 Å². The molecule has 3 rings (SSSR count). The van der Waals surface area contributed by atoms with Crippen molar-refractivity contribution in [2.24, 2.45) is 0 Å². The number of benzene rings is 1. The number of carbonyl (C=O) groups excluding carboxylic acids is 2. The number of hydrogen-bond acceptors (Lipinski definition) is 5. The van der Waals surface area contributed by atoms with Gasteiger partial charge in [0, 0.05) is 23.7 Å². The van der Waals surface area contributed by atoms with Crippen molar-refractivity contribution in [3.05, 3.63) is 47.0 Å². The maximum atomic E-state index is 13.9. The summed E-state index contributed by atoms with van der Waals surface area (Å²) in [5.41, 5.74) is -2.32. The maximum absolute atomic E-state index is 13.9. The van der Waals surface area contributed by atoms with Crippen LogP contribution in [0.2, 0.25) is 0 Å². The Morgan fingerprint density at radius 2 is 1.81 bits per heavy atom. The van der Waals surface area contributed by atoms with Gasteiger partial charge in [-0.25, -0.2) is 8.78 Å². The van der Waals surface area contributed by atoms with Crippen LogP contribution < -0.4 is 16.0 Å². The van der Waals surface area contributed by atoms with Gasteiger partial charge in [0.25, 0.3) is 0 Å². The number of nitrogens with one attached hydrogen (secondary N) is 3. The average molecular weight is 437 g/mol. The minimum atomic E-state index is -1.18. The average Bonchev–Trinajstić information content (AvgIpc) is 2.87. The van der Waals surface area contributed by atoms with Gasteiger partial charge in [-0.15, -0.1) is 0 Å². The van der Waals surface area contributed by atoms with Crippen molar-refractivity contribution in [2.45, 2.75) is 63.7 Å². The molecule has 1 fully saturated rings. The molecule has 0 spiro atoms. The molecular weight excluding hydrogens is 406 g/mol. The lowest BCUT2D eigenvalue weighted by Crippen LogP contribution is -2.63. The monoisotopic (exact) mass is 436 g/mol. The molecule has 9 heteroatoms. The van der Waals surface area contributed by atoms with Gasteiger partial charge in [0.15, 0.2) is 0 Å². The summed E-state index contributed by atoms with van der Waals surface area (Å²) in [4.78, 5) is 26.4. The summed E-state index contributed by atoms with van der Waals surface area (Å²) in [6.07, 6.45) is 2.41. The molecule has 31 heavy (non-hydrogen) atoms. The summed E-state index contributed by atoms with van der Waals surface area (Å²) in [5.74, 6) is -2.29. The summed E-state index contributed by atoms with van der Waals surface area (Å²) in [6, 6.07) is 3.17. The van der Waals surface area contributed by atoms with Crippen LogP contribution in [0.15, 0.2) is 29.8 Å². The molecule has 0 aliphatic carbocycles. The second-order valence-corrected chi connectivity index (χ2v) is 9.29. The Balaban J connectivity index is 1.79. The predicted octanol–water partition coefficient (Wildman–Crippen LogP) is 2.01. The van der Waals surface area contributed by atoms with Gasteiger partial charge in [-0.3, -0.25) is 9.59 Å². The third-order valence-electron chi connectivity index (χ3n) is 6.18. The van der Waals surface area contributed by atoms with Crippen LogP contribution in [0.1, 0.15) is 46.1 Å². The van der Waals surface area contributed by atoms with Gasteiger partial charge in [0.05, 0.1) is 11.1 Å². The molecule has 0 aromatic heterocycles. The summed E-state index contributed by atoms with van der Waals surface area (Å²) in [6.45, 7) is 7.98. The van der Waals surface area contributed by atoms with Crippen molar-refractivity contribution in [2.75, 3.05) is 13.1 Å². The van der Waals surface area contributed by atoms with E-state index in [4.69, 9.17) is 0 Å². The summed E-state index contributed by atoms with van der Waals surface area (Å²) in [5, 5.41) is 20.4. The second-order valence-electron chi connectivity index (χ2n) is 9.29. The van der Waals surface area contributed by atoms with Gasteiger partial charge in [-0.1, -0.05) is 12.1 Å². The normalized spacial score (nSPS) is 22.0. The Kier molecular flexibility index (Phi) is 6.23. The van der Waals surface area contributed by atoms with Crippen LogP contribution in [0.25, 0.3) is 0 Å². The Hall–Kier alpha value is -2.36. The van der Waals surface area contributed by atoms with E-state index < -0.39 is 40.1 Å². The van der Waals surface area contributed by atoms with Crippen LogP contribution >= 0.6 is 0 Å². The molecule has 1 aromatic carbocycles. The van der Waals surface area contributed by atoms with E-state index in [0.29, 0.717) is 31.5 Å². The quantitative estimate of drug-likeness (QED) is 0.567.